The Morgan fingerprint density at radius 1 is 1.27 bits per heavy atom. The van der Waals surface area contributed by atoms with Crippen molar-refractivity contribution in [3.8, 4) is 0 Å². The first-order valence-corrected chi connectivity index (χ1v) is 8.83. The first-order valence-electron chi connectivity index (χ1n) is 8.46. The van der Waals surface area contributed by atoms with Crippen LogP contribution in [0.3, 0.4) is 0 Å². The number of carbonyl (C=O) groups is 1. The summed E-state index contributed by atoms with van der Waals surface area (Å²) in [7, 11) is 0. The monoisotopic (exact) mass is 320 g/mol. The van der Waals surface area contributed by atoms with Gasteiger partial charge in [-0.2, -0.15) is 0 Å². The molecule has 1 heterocycles. The highest BCUT2D eigenvalue weighted by molar-refractivity contribution is 6.30. The second-order valence-electron chi connectivity index (χ2n) is 6.70. The van der Waals surface area contributed by atoms with Crippen LogP contribution in [0.25, 0.3) is 0 Å². The lowest BCUT2D eigenvalue weighted by Gasteiger charge is -2.23. The van der Waals surface area contributed by atoms with E-state index in [9.17, 15) is 4.79 Å². The standard InChI is InChI=1S/C18H25ClN2O/c19-16-5-3-4-14(10-16)11-18(22)20-12-15-8-9-21(13-15)17-6-1-2-7-17/h3-5,10,15,17H,1-2,6-9,11-13H2,(H,20,22)/t15-/m1/s1. The van der Waals surface area contributed by atoms with Crippen molar-refractivity contribution >= 4 is 17.5 Å². The minimum absolute atomic E-state index is 0.0987. The summed E-state index contributed by atoms with van der Waals surface area (Å²) in [4.78, 5) is 14.7. The van der Waals surface area contributed by atoms with Gasteiger partial charge in [-0.1, -0.05) is 36.6 Å². The zero-order valence-corrected chi connectivity index (χ0v) is 13.8. The predicted molar refractivity (Wildman–Crippen MR) is 90.1 cm³/mol. The van der Waals surface area contributed by atoms with Gasteiger partial charge in [-0.25, -0.2) is 0 Å². The molecule has 3 rings (SSSR count). The minimum Gasteiger partial charge on any atom is -0.355 e. The Morgan fingerprint density at radius 2 is 2.09 bits per heavy atom. The molecule has 1 N–H and O–H groups in total. The van der Waals surface area contributed by atoms with Crippen molar-refractivity contribution in [2.75, 3.05) is 19.6 Å². The number of hydrogen-bond donors (Lipinski definition) is 1. The summed E-state index contributed by atoms with van der Waals surface area (Å²) in [6, 6.07) is 8.34. The van der Waals surface area contributed by atoms with Crippen LogP contribution in [0.1, 0.15) is 37.7 Å². The third-order valence-corrected chi connectivity index (χ3v) is 5.24. The molecule has 0 bridgehead atoms. The molecule has 22 heavy (non-hydrogen) atoms. The number of likely N-dealkylation sites (tertiary alicyclic amines) is 1. The molecule has 0 radical (unpaired) electrons. The summed E-state index contributed by atoms with van der Waals surface area (Å²) >= 11 is 5.95. The first-order chi connectivity index (χ1) is 10.7. The van der Waals surface area contributed by atoms with E-state index >= 15 is 0 Å². The van der Waals surface area contributed by atoms with E-state index in [2.05, 4.69) is 10.2 Å². The third kappa shape index (κ3) is 4.23. The average Bonchev–Trinajstić information content (AvgIpc) is 3.16. The van der Waals surface area contributed by atoms with Crippen LogP contribution in [0.15, 0.2) is 24.3 Å². The van der Waals surface area contributed by atoms with Crippen molar-refractivity contribution in [2.45, 2.75) is 44.6 Å². The Kier molecular flexibility index (Phi) is 5.37. The van der Waals surface area contributed by atoms with Crippen LogP contribution >= 0.6 is 11.6 Å². The zero-order valence-electron chi connectivity index (χ0n) is 13.1. The molecule has 1 aromatic rings. The Balaban J connectivity index is 1.40. The lowest BCUT2D eigenvalue weighted by molar-refractivity contribution is -0.120. The van der Waals surface area contributed by atoms with Crippen LogP contribution < -0.4 is 5.32 Å². The Labute approximate surface area is 138 Å². The summed E-state index contributed by atoms with van der Waals surface area (Å²) in [6.45, 7) is 3.17. The quantitative estimate of drug-likeness (QED) is 0.903. The minimum atomic E-state index is 0.0987. The number of carbonyl (C=O) groups excluding carboxylic acids is 1. The van der Waals surface area contributed by atoms with Crippen molar-refractivity contribution in [1.29, 1.82) is 0 Å². The Bertz CT molecular complexity index is 514. The molecule has 1 atom stereocenters. The van der Waals surface area contributed by atoms with E-state index in [1.807, 2.05) is 24.3 Å². The van der Waals surface area contributed by atoms with Crippen LogP contribution in [0.5, 0.6) is 0 Å². The summed E-state index contributed by atoms with van der Waals surface area (Å²) < 4.78 is 0. The smallest absolute Gasteiger partial charge is 0.224 e. The molecule has 1 aromatic carbocycles. The predicted octanol–water partition coefficient (Wildman–Crippen LogP) is 3.26. The molecule has 0 unspecified atom stereocenters. The van der Waals surface area contributed by atoms with Gasteiger partial charge in [0.25, 0.3) is 0 Å². The van der Waals surface area contributed by atoms with Gasteiger partial charge in [0, 0.05) is 24.2 Å². The highest BCUT2D eigenvalue weighted by Crippen LogP contribution is 2.28. The largest absolute Gasteiger partial charge is 0.355 e. The Hall–Kier alpha value is -1.06. The topological polar surface area (TPSA) is 32.3 Å². The highest BCUT2D eigenvalue weighted by Gasteiger charge is 2.29. The lowest BCUT2D eigenvalue weighted by Crippen LogP contribution is -2.34. The number of rotatable bonds is 5. The molecule has 4 heteroatoms. The fourth-order valence-electron chi connectivity index (χ4n) is 3.78. The molecule has 0 aromatic heterocycles. The van der Waals surface area contributed by atoms with E-state index in [1.54, 1.807) is 0 Å². The number of benzene rings is 1. The molecule has 1 saturated heterocycles. The summed E-state index contributed by atoms with van der Waals surface area (Å²) in [5.41, 5.74) is 0.976. The fraction of sp³-hybridized carbons (Fsp3) is 0.611. The van der Waals surface area contributed by atoms with Gasteiger partial charge in [0.2, 0.25) is 5.91 Å². The van der Waals surface area contributed by atoms with Crippen molar-refractivity contribution in [1.82, 2.24) is 10.2 Å². The van der Waals surface area contributed by atoms with Gasteiger partial charge in [0.15, 0.2) is 0 Å². The van der Waals surface area contributed by atoms with Gasteiger partial charge in [-0.05, 0) is 49.4 Å². The maximum Gasteiger partial charge on any atom is 0.224 e. The fourth-order valence-corrected chi connectivity index (χ4v) is 4.00. The number of halogens is 1. The SMILES string of the molecule is O=C(Cc1cccc(Cl)c1)NC[C@H]1CCN(C2CCCC2)C1. The number of nitrogens with one attached hydrogen (secondary N) is 1. The molecule has 0 spiro atoms. The van der Waals surface area contributed by atoms with Gasteiger partial charge >= 0.3 is 0 Å². The Morgan fingerprint density at radius 3 is 2.86 bits per heavy atom. The molecule has 1 aliphatic heterocycles. The maximum absolute atomic E-state index is 12.1. The van der Waals surface area contributed by atoms with Crippen LogP contribution in [-0.4, -0.2) is 36.5 Å². The summed E-state index contributed by atoms with van der Waals surface area (Å²) in [5.74, 6) is 0.713. The number of nitrogens with zero attached hydrogens (tertiary/aromatic N) is 1. The summed E-state index contributed by atoms with van der Waals surface area (Å²) in [6.07, 6.45) is 7.15. The maximum atomic E-state index is 12.1. The van der Waals surface area contributed by atoms with Gasteiger partial charge in [-0.15, -0.1) is 0 Å². The van der Waals surface area contributed by atoms with Gasteiger partial charge in [0.05, 0.1) is 6.42 Å². The second kappa shape index (κ2) is 7.47. The lowest BCUT2D eigenvalue weighted by atomic mass is 10.1. The molecule has 2 fully saturated rings. The third-order valence-electron chi connectivity index (χ3n) is 5.00. The zero-order chi connectivity index (χ0) is 15.4. The average molecular weight is 321 g/mol. The number of hydrogen-bond acceptors (Lipinski definition) is 2. The molecular weight excluding hydrogens is 296 g/mol. The second-order valence-corrected chi connectivity index (χ2v) is 7.14. The van der Waals surface area contributed by atoms with Crippen molar-refractivity contribution in [3.63, 3.8) is 0 Å². The van der Waals surface area contributed by atoms with Gasteiger partial charge < -0.3 is 10.2 Å². The van der Waals surface area contributed by atoms with E-state index in [1.165, 1.54) is 38.6 Å². The number of amides is 1. The molecule has 1 saturated carbocycles. The van der Waals surface area contributed by atoms with Gasteiger partial charge in [-0.3, -0.25) is 4.79 Å². The van der Waals surface area contributed by atoms with Crippen LogP contribution in [0.4, 0.5) is 0 Å². The normalized spacial score (nSPS) is 23.0. The van der Waals surface area contributed by atoms with E-state index in [0.29, 0.717) is 17.4 Å². The van der Waals surface area contributed by atoms with Crippen molar-refractivity contribution < 1.29 is 4.79 Å². The first kappa shape index (κ1) is 15.8. The molecule has 2 aliphatic rings. The van der Waals surface area contributed by atoms with Gasteiger partial charge in [0.1, 0.15) is 0 Å². The molecule has 1 aliphatic carbocycles. The van der Waals surface area contributed by atoms with Crippen molar-refractivity contribution in [2.24, 2.45) is 5.92 Å². The molecule has 120 valence electrons. The summed E-state index contributed by atoms with van der Waals surface area (Å²) in [5, 5.41) is 3.78. The van der Waals surface area contributed by atoms with Crippen molar-refractivity contribution in [3.05, 3.63) is 34.9 Å². The molecule has 1 amide bonds. The van der Waals surface area contributed by atoms with Crippen LogP contribution in [-0.2, 0) is 11.2 Å². The molecular formula is C18H25ClN2O. The van der Waals surface area contributed by atoms with Crippen LogP contribution in [0, 0.1) is 5.92 Å². The van der Waals surface area contributed by atoms with E-state index in [4.69, 9.17) is 11.6 Å². The van der Waals surface area contributed by atoms with E-state index in [-0.39, 0.29) is 5.91 Å². The molecule has 3 nitrogen and oxygen atoms in total. The highest BCUT2D eigenvalue weighted by atomic mass is 35.5. The van der Waals surface area contributed by atoms with E-state index in [0.717, 1.165) is 24.7 Å². The van der Waals surface area contributed by atoms with E-state index < -0.39 is 0 Å². The van der Waals surface area contributed by atoms with Crippen LogP contribution in [0.2, 0.25) is 5.02 Å².